The van der Waals surface area contributed by atoms with Gasteiger partial charge in [0.05, 0.1) is 0 Å². The lowest BCUT2D eigenvalue weighted by Crippen LogP contribution is -2.44. The van der Waals surface area contributed by atoms with Gasteiger partial charge >= 0.3 is 0 Å². The van der Waals surface area contributed by atoms with E-state index in [1.165, 1.54) is 0 Å². The number of aliphatic imine (C=N–C) groups is 1. The molecule has 1 atom stereocenters. The number of rotatable bonds is 1. The third-order valence-electron chi connectivity index (χ3n) is 2.50. The van der Waals surface area contributed by atoms with Crippen LogP contribution >= 0.6 is 11.8 Å². The highest BCUT2D eigenvalue weighted by atomic mass is 32.2. The maximum Gasteiger partial charge on any atom is 0.251 e. The second-order valence-electron chi connectivity index (χ2n) is 4.70. The van der Waals surface area contributed by atoms with E-state index in [2.05, 4.69) is 29.5 Å². The summed E-state index contributed by atoms with van der Waals surface area (Å²) < 4.78 is 0. The minimum absolute atomic E-state index is 0.0322. The van der Waals surface area contributed by atoms with Gasteiger partial charge in [-0.3, -0.25) is 14.9 Å². The van der Waals surface area contributed by atoms with Gasteiger partial charge < -0.3 is 5.32 Å². The van der Waals surface area contributed by atoms with Crippen molar-refractivity contribution < 1.29 is 9.59 Å². The van der Waals surface area contributed by atoms with Crippen molar-refractivity contribution in [3.63, 3.8) is 0 Å². The minimum Gasteiger partial charge on any atom is -0.359 e. The number of piperidine rings is 1. The number of amides is 2. The molecule has 6 heteroatoms. The fourth-order valence-electron chi connectivity index (χ4n) is 1.63. The summed E-state index contributed by atoms with van der Waals surface area (Å²) in [6.07, 6.45) is 0.887. The molecule has 16 heavy (non-hydrogen) atoms. The van der Waals surface area contributed by atoms with E-state index in [4.69, 9.17) is 0 Å². The molecule has 2 N–H and O–H groups in total. The molecule has 0 spiro atoms. The molecule has 0 radical (unpaired) electrons. The van der Waals surface area contributed by atoms with Crippen LogP contribution < -0.4 is 10.6 Å². The highest BCUT2D eigenvalue weighted by molar-refractivity contribution is 8.14. The van der Waals surface area contributed by atoms with Gasteiger partial charge in [0, 0.05) is 17.7 Å². The van der Waals surface area contributed by atoms with Crippen LogP contribution in [0.3, 0.4) is 0 Å². The van der Waals surface area contributed by atoms with E-state index in [0.29, 0.717) is 12.8 Å². The number of hydrogen-bond donors (Lipinski definition) is 2. The Morgan fingerprint density at radius 1 is 1.44 bits per heavy atom. The van der Waals surface area contributed by atoms with Crippen LogP contribution in [0.15, 0.2) is 4.99 Å². The van der Waals surface area contributed by atoms with Crippen LogP contribution in [0.1, 0.15) is 26.7 Å². The molecule has 2 heterocycles. The van der Waals surface area contributed by atoms with E-state index in [0.717, 1.165) is 10.9 Å². The predicted octanol–water partition coefficient (Wildman–Crippen LogP) is 0.263. The Morgan fingerprint density at radius 3 is 2.75 bits per heavy atom. The molecule has 2 saturated heterocycles. The van der Waals surface area contributed by atoms with Gasteiger partial charge in [0.2, 0.25) is 5.91 Å². The van der Waals surface area contributed by atoms with E-state index >= 15 is 0 Å². The molecule has 0 aromatic heterocycles. The molecule has 1 unspecified atom stereocenters. The van der Waals surface area contributed by atoms with Crippen LogP contribution in [-0.2, 0) is 9.59 Å². The fourth-order valence-corrected chi connectivity index (χ4v) is 2.75. The standard InChI is InChI=1S/C10H15N3O2S/c1-10(2)5-16-9(13-10)11-6-3-4-7(14)12-8(6)15/h6H,3-5H2,1-2H3,(H,11,13)(H,12,14,15). The average Bonchev–Trinajstić information content (AvgIpc) is 2.51. The molecule has 0 aromatic carbocycles. The maximum atomic E-state index is 11.5. The molecule has 0 bridgehead atoms. The molecule has 0 aromatic rings. The molecule has 2 amide bonds. The van der Waals surface area contributed by atoms with Gasteiger partial charge in [-0.25, -0.2) is 4.99 Å². The van der Waals surface area contributed by atoms with E-state index < -0.39 is 6.04 Å². The molecule has 2 aliphatic heterocycles. The SMILES string of the molecule is CC1(C)CSC(=NC2CCC(=O)NC2=O)N1. The Hall–Kier alpha value is -1.04. The largest absolute Gasteiger partial charge is 0.359 e. The van der Waals surface area contributed by atoms with Crippen molar-refractivity contribution in [1.29, 1.82) is 0 Å². The van der Waals surface area contributed by atoms with Gasteiger partial charge in [-0.05, 0) is 20.3 Å². The lowest BCUT2D eigenvalue weighted by molar-refractivity contribution is -0.133. The zero-order valence-electron chi connectivity index (χ0n) is 9.37. The van der Waals surface area contributed by atoms with Crippen molar-refractivity contribution in [2.45, 2.75) is 38.3 Å². The van der Waals surface area contributed by atoms with E-state index in [1.807, 2.05) is 0 Å². The monoisotopic (exact) mass is 241 g/mol. The topological polar surface area (TPSA) is 70.6 Å². The average molecular weight is 241 g/mol. The van der Waals surface area contributed by atoms with Gasteiger partial charge in [0.15, 0.2) is 5.17 Å². The summed E-state index contributed by atoms with van der Waals surface area (Å²) in [5, 5.41) is 6.36. The number of amidine groups is 1. The summed E-state index contributed by atoms with van der Waals surface area (Å²) in [6.45, 7) is 4.18. The zero-order chi connectivity index (χ0) is 11.8. The molecule has 2 fully saturated rings. The molecule has 5 nitrogen and oxygen atoms in total. The molecule has 0 aliphatic carbocycles. The third kappa shape index (κ3) is 2.55. The first-order chi connectivity index (χ1) is 7.46. The van der Waals surface area contributed by atoms with Crippen molar-refractivity contribution in [2.24, 2.45) is 4.99 Å². The van der Waals surface area contributed by atoms with Crippen molar-refractivity contribution in [3.05, 3.63) is 0 Å². The fraction of sp³-hybridized carbons (Fsp3) is 0.700. The van der Waals surface area contributed by atoms with Gasteiger partial charge in [-0.1, -0.05) is 11.8 Å². The number of nitrogens with one attached hydrogen (secondary N) is 2. The van der Waals surface area contributed by atoms with Crippen LogP contribution in [0.4, 0.5) is 0 Å². The smallest absolute Gasteiger partial charge is 0.251 e. The summed E-state index contributed by atoms with van der Waals surface area (Å²) in [5.74, 6) is 0.462. The Morgan fingerprint density at radius 2 is 2.19 bits per heavy atom. The molecular weight excluding hydrogens is 226 g/mol. The van der Waals surface area contributed by atoms with Crippen molar-refractivity contribution in [2.75, 3.05) is 5.75 Å². The summed E-state index contributed by atoms with van der Waals surface area (Å²) >= 11 is 1.62. The predicted molar refractivity (Wildman–Crippen MR) is 63.3 cm³/mol. The van der Waals surface area contributed by atoms with E-state index in [9.17, 15) is 9.59 Å². The second-order valence-corrected chi connectivity index (χ2v) is 5.66. The summed E-state index contributed by atoms with van der Waals surface area (Å²) in [6, 6.07) is -0.415. The number of imide groups is 1. The lowest BCUT2D eigenvalue weighted by atomic mass is 10.1. The quantitative estimate of drug-likeness (QED) is 0.646. The first kappa shape index (κ1) is 11.4. The Kier molecular flexibility index (Phi) is 2.92. The third-order valence-corrected chi connectivity index (χ3v) is 3.85. The normalized spacial score (nSPS) is 31.4. The van der Waals surface area contributed by atoms with Gasteiger partial charge in [0.1, 0.15) is 6.04 Å². The zero-order valence-corrected chi connectivity index (χ0v) is 10.2. The van der Waals surface area contributed by atoms with Crippen LogP contribution in [0.5, 0.6) is 0 Å². The van der Waals surface area contributed by atoms with Crippen LogP contribution in [0, 0.1) is 0 Å². The maximum absolute atomic E-state index is 11.5. The number of carbonyl (C=O) groups is 2. The first-order valence-electron chi connectivity index (χ1n) is 5.29. The van der Waals surface area contributed by atoms with E-state index in [1.54, 1.807) is 11.8 Å². The van der Waals surface area contributed by atoms with Crippen LogP contribution in [-0.4, -0.2) is 34.3 Å². The summed E-state index contributed by atoms with van der Waals surface area (Å²) in [7, 11) is 0. The van der Waals surface area contributed by atoms with Crippen LogP contribution in [0.2, 0.25) is 0 Å². The van der Waals surface area contributed by atoms with E-state index in [-0.39, 0.29) is 17.4 Å². The van der Waals surface area contributed by atoms with Gasteiger partial charge in [-0.2, -0.15) is 0 Å². The Labute approximate surface area is 98.5 Å². The molecule has 2 rings (SSSR count). The van der Waals surface area contributed by atoms with Crippen molar-refractivity contribution >= 4 is 28.7 Å². The molecule has 2 aliphatic rings. The number of carbonyl (C=O) groups excluding carboxylic acids is 2. The minimum atomic E-state index is -0.415. The van der Waals surface area contributed by atoms with Crippen molar-refractivity contribution in [3.8, 4) is 0 Å². The molecule has 88 valence electrons. The number of hydrogen-bond acceptors (Lipinski definition) is 4. The Bertz CT molecular complexity index is 365. The molecule has 0 saturated carbocycles. The first-order valence-corrected chi connectivity index (χ1v) is 6.27. The second kappa shape index (κ2) is 4.08. The number of nitrogens with zero attached hydrogens (tertiary/aromatic N) is 1. The molecular formula is C10H15N3O2S. The highest BCUT2D eigenvalue weighted by Crippen LogP contribution is 2.23. The van der Waals surface area contributed by atoms with Crippen LogP contribution in [0.25, 0.3) is 0 Å². The van der Waals surface area contributed by atoms with Crippen molar-refractivity contribution in [1.82, 2.24) is 10.6 Å². The van der Waals surface area contributed by atoms with Gasteiger partial charge in [0.25, 0.3) is 5.91 Å². The number of thioether (sulfide) groups is 1. The summed E-state index contributed by atoms with van der Waals surface area (Å²) in [4.78, 5) is 26.8. The van der Waals surface area contributed by atoms with Gasteiger partial charge in [-0.15, -0.1) is 0 Å². The summed E-state index contributed by atoms with van der Waals surface area (Å²) in [5.41, 5.74) is 0.0322. The highest BCUT2D eigenvalue weighted by Gasteiger charge is 2.31. The lowest BCUT2D eigenvalue weighted by Gasteiger charge is -2.19. The Balaban J connectivity index is 2.02.